The molecule has 2 unspecified atom stereocenters. The molecule has 0 radical (unpaired) electrons. The minimum atomic E-state index is -0.175. The van der Waals surface area contributed by atoms with Gasteiger partial charge in [-0.2, -0.15) is 0 Å². The molecule has 0 aromatic heterocycles. The number of hydrogen-bond acceptors (Lipinski definition) is 0. The summed E-state index contributed by atoms with van der Waals surface area (Å²) in [5, 5.41) is 0. The quantitative estimate of drug-likeness (QED) is 0.520. The lowest BCUT2D eigenvalue weighted by molar-refractivity contribution is 0.736. The van der Waals surface area contributed by atoms with Crippen molar-refractivity contribution in [2.45, 2.75) is 50.7 Å². The summed E-state index contributed by atoms with van der Waals surface area (Å²) in [6.45, 7) is 4.76. The SMILES string of the molecule is CCC1CCC[SiH]1CC. The molecular weight excluding hydrogens is 124 g/mol. The van der Waals surface area contributed by atoms with E-state index in [2.05, 4.69) is 13.8 Å². The summed E-state index contributed by atoms with van der Waals surface area (Å²) in [7, 11) is -0.175. The first-order valence-electron chi connectivity index (χ1n) is 4.38. The first kappa shape index (κ1) is 7.33. The average Bonchev–Trinajstić information content (AvgIpc) is 2.33. The van der Waals surface area contributed by atoms with Crippen LogP contribution in [-0.2, 0) is 0 Å². The van der Waals surface area contributed by atoms with Crippen LogP contribution >= 0.6 is 0 Å². The summed E-state index contributed by atoms with van der Waals surface area (Å²) in [4.78, 5) is 0. The van der Waals surface area contributed by atoms with Gasteiger partial charge >= 0.3 is 0 Å². The summed E-state index contributed by atoms with van der Waals surface area (Å²) < 4.78 is 0. The first-order valence-corrected chi connectivity index (χ1v) is 6.68. The van der Waals surface area contributed by atoms with Crippen molar-refractivity contribution in [3.8, 4) is 0 Å². The van der Waals surface area contributed by atoms with Crippen LogP contribution in [0.1, 0.15) is 33.1 Å². The molecule has 0 spiro atoms. The van der Waals surface area contributed by atoms with E-state index in [9.17, 15) is 0 Å². The van der Waals surface area contributed by atoms with E-state index < -0.39 is 0 Å². The maximum atomic E-state index is 2.39. The molecule has 1 fully saturated rings. The molecule has 1 heteroatoms. The van der Waals surface area contributed by atoms with Crippen LogP contribution in [0.3, 0.4) is 0 Å². The lowest BCUT2D eigenvalue weighted by Gasteiger charge is -2.12. The van der Waals surface area contributed by atoms with Gasteiger partial charge in [-0.15, -0.1) is 0 Å². The van der Waals surface area contributed by atoms with E-state index in [0.29, 0.717) is 0 Å². The van der Waals surface area contributed by atoms with Crippen LogP contribution in [0.25, 0.3) is 0 Å². The van der Waals surface area contributed by atoms with Crippen molar-refractivity contribution in [2.24, 2.45) is 0 Å². The van der Waals surface area contributed by atoms with Crippen molar-refractivity contribution in [1.82, 2.24) is 0 Å². The van der Waals surface area contributed by atoms with Crippen LogP contribution in [0.15, 0.2) is 0 Å². The van der Waals surface area contributed by atoms with Gasteiger partial charge in [0.15, 0.2) is 0 Å². The molecule has 0 aromatic rings. The zero-order valence-corrected chi connectivity index (χ0v) is 7.84. The second-order valence-corrected chi connectivity index (χ2v) is 7.12. The third kappa shape index (κ3) is 1.57. The Balaban J connectivity index is 2.32. The van der Waals surface area contributed by atoms with Crippen molar-refractivity contribution in [3.63, 3.8) is 0 Å². The highest BCUT2D eigenvalue weighted by Gasteiger charge is 2.24. The highest BCUT2D eigenvalue weighted by molar-refractivity contribution is 6.61. The standard InChI is InChI=1S/C8H18Si/c1-3-8-6-5-7-9(8)4-2/h8-9H,3-7H2,1-2H3. The van der Waals surface area contributed by atoms with Crippen LogP contribution in [0.4, 0.5) is 0 Å². The van der Waals surface area contributed by atoms with E-state index in [4.69, 9.17) is 0 Å². The Morgan fingerprint density at radius 3 is 2.67 bits per heavy atom. The Morgan fingerprint density at radius 1 is 1.44 bits per heavy atom. The normalized spacial score (nSPS) is 35.3. The van der Waals surface area contributed by atoms with E-state index in [1.807, 2.05) is 0 Å². The summed E-state index contributed by atoms with van der Waals surface area (Å²) in [6.07, 6.45) is 4.61. The fourth-order valence-corrected chi connectivity index (χ4v) is 5.87. The van der Waals surface area contributed by atoms with Crippen LogP contribution in [0.5, 0.6) is 0 Å². The molecule has 1 heterocycles. The van der Waals surface area contributed by atoms with Crippen molar-refractivity contribution in [2.75, 3.05) is 0 Å². The molecule has 0 N–H and O–H groups in total. The van der Waals surface area contributed by atoms with E-state index in [0.717, 1.165) is 0 Å². The third-order valence-electron chi connectivity index (χ3n) is 2.87. The molecule has 0 aromatic carbocycles. The molecule has 1 saturated heterocycles. The van der Waals surface area contributed by atoms with Gasteiger partial charge in [0, 0.05) is 8.80 Å². The van der Waals surface area contributed by atoms with Gasteiger partial charge in [-0.3, -0.25) is 0 Å². The van der Waals surface area contributed by atoms with Crippen molar-refractivity contribution in [3.05, 3.63) is 0 Å². The lowest BCUT2D eigenvalue weighted by atomic mass is 10.2. The fraction of sp³-hybridized carbons (Fsp3) is 1.00. The average molecular weight is 142 g/mol. The topological polar surface area (TPSA) is 0 Å². The molecule has 0 saturated carbocycles. The lowest BCUT2D eigenvalue weighted by Crippen LogP contribution is -2.11. The Bertz CT molecular complexity index is 70.6. The number of hydrogen-bond donors (Lipinski definition) is 0. The molecule has 54 valence electrons. The van der Waals surface area contributed by atoms with Gasteiger partial charge in [0.2, 0.25) is 0 Å². The Morgan fingerprint density at radius 2 is 2.22 bits per heavy atom. The summed E-state index contributed by atoms with van der Waals surface area (Å²) in [5.74, 6) is 0. The number of rotatable bonds is 2. The van der Waals surface area contributed by atoms with Crippen molar-refractivity contribution < 1.29 is 0 Å². The highest BCUT2D eigenvalue weighted by Crippen LogP contribution is 2.34. The van der Waals surface area contributed by atoms with Crippen molar-refractivity contribution in [1.29, 1.82) is 0 Å². The molecule has 1 aliphatic rings. The first-order chi connectivity index (χ1) is 4.38. The molecule has 0 nitrogen and oxygen atoms in total. The molecular formula is C8H18Si. The van der Waals surface area contributed by atoms with Crippen LogP contribution in [0, 0.1) is 0 Å². The Kier molecular flexibility index (Phi) is 2.77. The van der Waals surface area contributed by atoms with Crippen LogP contribution in [-0.4, -0.2) is 8.80 Å². The molecule has 0 aliphatic carbocycles. The predicted octanol–water partition coefficient (Wildman–Crippen LogP) is 2.81. The van der Waals surface area contributed by atoms with E-state index in [1.54, 1.807) is 24.9 Å². The van der Waals surface area contributed by atoms with Crippen molar-refractivity contribution >= 4 is 8.80 Å². The van der Waals surface area contributed by atoms with Gasteiger partial charge in [-0.25, -0.2) is 0 Å². The Hall–Kier alpha value is 0.217. The molecule has 2 atom stereocenters. The fourth-order valence-electron chi connectivity index (χ4n) is 2.19. The van der Waals surface area contributed by atoms with Gasteiger partial charge in [0.25, 0.3) is 0 Å². The zero-order valence-electron chi connectivity index (χ0n) is 6.69. The summed E-state index contributed by atoms with van der Waals surface area (Å²) in [5.41, 5.74) is 1.22. The summed E-state index contributed by atoms with van der Waals surface area (Å²) in [6, 6.07) is 3.20. The molecule has 0 bridgehead atoms. The van der Waals surface area contributed by atoms with E-state index >= 15 is 0 Å². The van der Waals surface area contributed by atoms with Crippen LogP contribution in [0.2, 0.25) is 17.6 Å². The molecule has 1 aliphatic heterocycles. The van der Waals surface area contributed by atoms with Gasteiger partial charge in [-0.05, 0) is 5.54 Å². The second kappa shape index (κ2) is 3.40. The predicted molar refractivity (Wildman–Crippen MR) is 45.7 cm³/mol. The van der Waals surface area contributed by atoms with Gasteiger partial charge in [-0.1, -0.05) is 45.2 Å². The maximum Gasteiger partial charge on any atom is 0.0396 e. The smallest absolute Gasteiger partial charge is 0.0396 e. The zero-order chi connectivity index (χ0) is 6.69. The van der Waals surface area contributed by atoms with E-state index in [1.165, 1.54) is 12.0 Å². The second-order valence-electron chi connectivity index (χ2n) is 3.27. The highest BCUT2D eigenvalue weighted by atomic mass is 28.3. The largest absolute Gasteiger partial charge is 0.0680 e. The third-order valence-corrected chi connectivity index (χ3v) is 7.20. The minimum absolute atomic E-state index is 0.175. The monoisotopic (exact) mass is 142 g/mol. The van der Waals surface area contributed by atoms with Crippen LogP contribution < -0.4 is 0 Å². The van der Waals surface area contributed by atoms with Gasteiger partial charge < -0.3 is 0 Å². The molecule has 1 rings (SSSR count). The van der Waals surface area contributed by atoms with Gasteiger partial charge in [0.1, 0.15) is 0 Å². The minimum Gasteiger partial charge on any atom is -0.0680 e. The Labute approximate surface area is 60.3 Å². The van der Waals surface area contributed by atoms with E-state index in [-0.39, 0.29) is 8.80 Å². The maximum absolute atomic E-state index is 2.39. The molecule has 0 amide bonds. The van der Waals surface area contributed by atoms with Gasteiger partial charge in [0.05, 0.1) is 0 Å². The molecule has 9 heavy (non-hydrogen) atoms. The summed E-state index contributed by atoms with van der Waals surface area (Å²) >= 11 is 0.